The summed E-state index contributed by atoms with van der Waals surface area (Å²) in [6, 6.07) is 4.75. The third kappa shape index (κ3) is 1.81. The molecule has 2 heterocycles. The molecule has 1 aromatic heterocycles. The molecule has 4 nitrogen and oxygen atoms in total. The van der Waals surface area contributed by atoms with E-state index in [2.05, 4.69) is 10.1 Å². The average Bonchev–Trinajstić information content (AvgIpc) is 2.99. The maximum absolute atomic E-state index is 13.4. The number of halogens is 1. The number of nitrogen functional groups attached to an aromatic ring is 1. The zero-order chi connectivity index (χ0) is 12.5. The van der Waals surface area contributed by atoms with Crippen molar-refractivity contribution in [3.05, 3.63) is 30.2 Å². The minimum absolute atomic E-state index is 0.223. The quantitative estimate of drug-likeness (QED) is 0.886. The molecule has 94 valence electrons. The molecule has 2 N–H and O–H groups in total. The summed E-state index contributed by atoms with van der Waals surface area (Å²) >= 11 is 0. The molecule has 3 rings (SSSR count). The van der Waals surface area contributed by atoms with Crippen LogP contribution in [0.15, 0.2) is 28.9 Å². The fourth-order valence-corrected chi connectivity index (χ4v) is 2.41. The summed E-state index contributed by atoms with van der Waals surface area (Å²) in [4.78, 5) is 2.24. The van der Waals surface area contributed by atoms with Crippen LogP contribution in [0.25, 0.3) is 11.1 Å². The number of hydrogen-bond acceptors (Lipinski definition) is 4. The monoisotopic (exact) mass is 247 g/mol. The number of rotatable bonds is 2. The molecular formula is C13H14FN3O. The molecule has 1 fully saturated rings. The maximum atomic E-state index is 13.4. The second kappa shape index (κ2) is 4.33. The van der Waals surface area contributed by atoms with E-state index in [-0.39, 0.29) is 11.7 Å². The lowest BCUT2D eigenvalue weighted by Crippen LogP contribution is -2.18. The Hall–Kier alpha value is -2.04. The van der Waals surface area contributed by atoms with Crippen molar-refractivity contribution in [1.29, 1.82) is 0 Å². The van der Waals surface area contributed by atoms with Gasteiger partial charge in [-0.3, -0.25) is 0 Å². The molecule has 0 amide bonds. The first-order chi connectivity index (χ1) is 8.75. The van der Waals surface area contributed by atoms with Gasteiger partial charge >= 0.3 is 0 Å². The van der Waals surface area contributed by atoms with E-state index in [0.717, 1.165) is 37.2 Å². The van der Waals surface area contributed by atoms with Crippen molar-refractivity contribution in [2.45, 2.75) is 12.8 Å². The van der Waals surface area contributed by atoms with Gasteiger partial charge in [-0.2, -0.15) is 0 Å². The van der Waals surface area contributed by atoms with Gasteiger partial charge in [-0.1, -0.05) is 5.16 Å². The van der Waals surface area contributed by atoms with E-state index in [1.165, 1.54) is 18.3 Å². The number of benzene rings is 1. The highest BCUT2D eigenvalue weighted by Gasteiger charge is 2.19. The van der Waals surface area contributed by atoms with Crippen molar-refractivity contribution in [2.24, 2.45) is 0 Å². The van der Waals surface area contributed by atoms with E-state index in [0.29, 0.717) is 5.56 Å². The molecule has 18 heavy (non-hydrogen) atoms. The van der Waals surface area contributed by atoms with Gasteiger partial charge in [0.05, 0.1) is 11.8 Å². The second-order valence-electron chi connectivity index (χ2n) is 4.46. The van der Waals surface area contributed by atoms with Gasteiger partial charge < -0.3 is 15.2 Å². The van der Waals surface area contributed by atoms with Crippen LogP contribution in [0.1, 0.15) is 12.8 Å². The topological polar surface area (TPSA) is 55.3 Å². The number of anilines is 2. The number of hydrogen-bond donors (Lipinski definition) is 1. The lowest BCUT2D eigenvalue weighted by Gasteiger charge is -2.21. The molecule has 1 aliphatic heterocycles. The van der Waals surface area contributed by atoms with Crippen molar-refractivity contribution in [3.8, 4) is 11.1 Å². The van der Waals surface area contributed by atoms with Crippen molar-refractivity contribution in [2.75, 3.05) is 23.7 Å². The standard InChI is InChI=1S/C13H14FN3O/c14-9-3-4-12(17-5-1-2-6-17)10(7-9)11-8-16-18-13(11)15/h3-4,7-8H,1-2,5-6,15H2. The first-order valence-corrected chi connectivity index (χ1v) is 6.01. The van der Waals surface area contributed by atoms with Crippen LogP contribution in [0.4, 0.5) is 16.0 Å². The van der Waals surface area contributed by atoms with E-state index in [4.69, 9.17) is 10.3 Å². The maximum Gasteiger partial charge on any atom is 0.230 e. The lowest BCUT2D eigenvalue weighted by atomic mass is 10.1. The van der Waals surface area contributed by atoms with Gasteiger partial charge in [0, 0.05) is 24.3 Å². The smallest absolute Gasteiger partial charge is 0.230 e. The summed E-state index contributed by atoms with van der Waals surface area (Å²) in [7, 11) is 0. The first-order valence-electron chi connectivity index (χ1n) is 6.01. The highest BCUT2D eigenvalue weighted by Crippen LogP contribution is 2.36. The Morgan fingerprint density at radius 1 is 1.22 bits per heavy atom. The molecule has 0 unspecified atom stereocenters. The van der Waals surface area contributed by atoms with E-state index in [9.17, 15) is 4.39 Å². The zero-order valence-corrected chi connectivity index (χ0v) is 9.90. The second-order valence-corrected chi connectivity index (χ2v) is 4.46. The van der Waals surface area contributed by atoms with Crippen molar-refractivity contribution in [3.63, 3.8) is 0 Å². The third-order valence-corrected chi connectivity index (χ3v) is 3.29. The van der Waals surface area contributed by atoms with Gasteiger partial charge in [0.1, 0.15) is 5.82 Å². The van der Waals surface area contributed by atoms with Crippen LogP contribution in [0.2, 0.25) is 0 Å². The van der Waals surface area contributed by atoms with Gasteiger partial charge in [-0.15, -0.1) is 0 Å². The summed E-state index contributed by atoms with van der Waals surface area (Å²) in [5, 5.41) is 3.65. The van der Waals surface area contributed by atoms with Crippen molar-refractivity contribution in [1.82, 2.24) is 5.16 Å². The zero-order valence-electron chi connectivity index (χ0n) is 9.90. The Kier molecular flexibility index (Phi) is 2.66. The Morgan fingerprint density at radius 2 is 2.00 bits per heavy atom. The Balaban J connectivity index is 2.11. The normalized spacial score (nSPS) is 15.3. The summed E-state index contributed by atoms with van der Waals surface area (Å²) in [6.45, 7) is 1.98. The molecule has 1 aromatic carbocycles. The molecule has 0 spiro atoms. The number of nitrogens with zero attached hydrogens (tertiary/aromatic N) is 2. The predicted octanol–water partition coefficient (Wildman–Crippen LogP) is 2.66. The molecule has 0 bridgehead atoms. The minimum Gasteiger partial charge on any atom is -0.371 e. The van der Waals surface area contributed by atoms with Crippen LogP contribution in [0, 0.1) is 5.82 Å². The molecule has 1 aliphatic rings. The molecule has 0 aliphatic carbocycles. The van der Waals surface area contributed by atoms with Gasteiger partial charge in [0.15, 0.2) is 0 Å². The molecule has 0 radical (unpaired) electrons. The van der Waals surface area contributed by atoms with E-state index in [1.54, 1.807) is 6.07 Å². The summed E-state index contributed by atoms with van der Waals surface area (Å²) in [5.74, 6) is -0.0606. The highest BCUT2D eigenvalue weighted by molar-refractivity contribution is 5.83. The summed E-state index contributed by atoms with van der Waals surface area (Å²) < 4.78 is 18.3. The van der Waals surface area contributed by atoms with E-state index in [1.807, 2.05) is 0 Å². The Bertz CT molecular complexity index is 561. The fraction of sp³-hybridized carbons (Fsp3) is 0.308. The van der Waals surface area contributed by atoms with E-state index < -0.39 is 0 Å². The highest BCUT2D eigenvalue weighted by atomic mass is 19.1. The minimum atomic E-state index is -0.284. The van der Waals surface area contributed by atoms with Crippen LogP contribution in [-0.4, -0.2) is 18.2 Å². The SMILES string of the molecule is Nc1oncc1-c1cc(F)ccc1N1CCCC1. The van der Waals surface area contributed by atoms with Gasteiger partial charge in [-0.25, -0.2) is 4.39 Å². The van der Waals surface area contributed by atoms with Gasteiger partial charge in [0.2, 0.25) is 5.88 Å². The summed E-state index contributed by atoms with van der Waals surface area (Å²) in [5.41, 5.74) is 8.11. The van der Waals surface area contributed by atoms with Crippen LogP contribution in [0.5, 0.6) is 0 Å². The Morgan fingerprint density at radius 3 is 2.67 bits per heavy atom. The fourth-order valence-electron chi connectivity index (χ4n) is 2.41. The van der Waals surface area contributed by atoms with Gasteiger partial charge in [0.25, 0.3) is 0 Å². The predicted molar refractivity (Wildman–Crippen MR) is 67.8 cm³/mol. The molecule has 1 saturated heterocycles. The average molecular weight is 247 g/mol. The number of nitrogens with two attached hydrogens (primary N) is 1. The van der Waals surface area contributed by atoms with Crippen LogP contribution < -0.4 is 10.6 Å². The van der Waals surface area contributed by atoms with E-state index >= 15 is 0 Å². The number of aromatic nitrogens is 1. The van der Waals surface area contributed by atoms with Gasteiger partial charge in [-0.05, 0) is 31.0 Å². The third-order valence-electron chi connectivity index (χ3n) is 3.29. The van der Waals surface area contributed by atoms with Crippen LogP contribution in [0.3, 0.4) is 0 Å². The molecule has 0 atom stereocenters. The largest absolute Gasteiger partial charge is 0.371 e. The van der Waals surface area contributed by atoms with Crippen LogP contribution in [-0.2, 0) is 0 Å². The first kappa shape index (κ1) is 11.1. The summed E-state index contributed by atoms with van der Waals surface area (Å²) in [6.07, 6.45) is 3.86. The molecule has 0 saturated carbocycles. The van der Waals surface area contributed by atoms with Crippen LogP contribution >= 0.6 is 0 Å². The Labute approximate surface area is 104 Å². The van der Waals surface area contributed by atoms with Crippen molar-refractivity contribution < 1.29 is 8.91 Å². The lowest BCUT2D eigenvalue weighted by molar-refractivity contribution is 0.436. The molecule has 5 heteroatoms. The molecular weight excluding hydrogens is 233 g/mol. The molecule has 2 aromatic rings. The van der Waals surface area contributed by atoms with Crippen molar-refractivity contribution >= 4 is 11.6 Å².